The maximum atomic E-state index is 12.8. The fourth-order valence-corrected chi connectivity index (χ4v) is 3.98. The first kappa shape index (κ1) is 20.6. The van der Waals surface area contributed by atoms with Crippen molar-refractivity contribution in [3.63, 3.8) is 0 Å². The van der Waals surface area contributed by atoms with Gasteiger partial charge in [-0.05, 0) is 58.8 Å². The number of hydrogen-bond donors (Lipinski definition) is 1. The van der Waals surface area contributed by atoms with Gasteiger partial charge in [-0.25, -0.2) is 0 Å². The highest BCUT2D eigenvalue weighted by Gasteiger charge is 2.35. The van der Waals surface area contributed by atoms with Crippen molar-refractivity contribution >= 4 is 39.1 Å². The van der Waals surface area contributed by atoms with Gasteiger partial charge in [0.15, 0.2) is 0 Å². The van der Waals surface area contributed by atoms with Gasteiger partial charge in [0.25, 0.3) is 0 Å². The van der Waals surface area contributed by atoms with Crippen LogP contribution in [0.15, 0.2) is 53.0 Å². The van der Waals surface area contributed by atoms with Gasteiger partial charge in [0.1, 0.15) is 0 Å². The Kier molecular flexibility index (Phi) is 6.86. The van der Waals surface area contributed by atoms with Crippen LogP contribution in [0.5, 0.6) is 0 Å². The Morgan fingerprint density at radius 2 is 1.93 bits per heavy atom. The first-order valence-electron chi connectivity index (χ1n) is 9.68. The van der Waals surface area contributed by atoms with Crippen molar-refractivity contribution in [3.05, 3.63) is 58.6 Å². The lowest BCUT2D eigenvalue weighted by molar-refractivity contribution is -0.122. The van der Waals surface area contributed by atoms with E-state index in [-0.39, 0.29) is 24.2 Å². The fraction of sp³-hybridized carbons (Fsp3) is 0.364. The molecule has 0 bridgehead atoms. The third-order valence-corrected chi connectivity index (χ3v) is 5.80. The molecule has 148 valence electrons. The van der Waals surface area contributed by atoms with Gasteiger partial charge in [0.05, 0.1) is 11.6 Å². The molecule has 1 aliphatic heterocycles. The van der Waals surface area contributed by atoms with E-state index in [2.05, 4.69) is 46.1 Å². The van der Waals surface area contributed by atoms with Crippen LogP contribution in [-0.4, -0.2) is 36.3 Å². The first-order chi connectivity index (χ1) is 13.5. The molecule has 0 aromatic heterocycles. The summed E-state index contributed by atoms with van der Waals surface area (Å²) in [5, 5.41) is 2.99. The molecule has 0 aliphatic carbocycles. The molecule has 3 rings (SSSR count). The predicted octanol–water partition coefficient (Wildman–Crippen LogP) is 4.28. The van der Waals surface area contributed by atoms with E-state index in [0.717, 1.165) is 35.5 Å². The van der Waals surface area contributed by atoms with Gasteiger partial charge in [0.2, 0.25) is 11.8 Å². The average molecular weight is 444 g/mol. The van der Waals surface area contributed by atoms with Crippen molar-refractivity contribution in [1.82, 2.24) is 4.90 Å². The van der Waals surface area contributed by atoms with Crippen LogP contribution in [0.4, 0.5) is 11.4 Å². The van der Waals surface area contributed by atoms with Crippen LogP contribution in [0.3, 0.4) is 0 Å². The minimum Gasteiger partial charge on any atom is -0.326 e. The summed E-state index contributed by atoms with van der Waals surface area (Å²) in [4.78, 5) is 29.2. The van der Waals surface area contributed by atoms with Crippen molar-refractivity contribution in [2.24, 2.45) is 5.92 Å². The van der Waals surface area contributed by atoms with E-state index in [1.807, 2.05) is 42.5 Å². The summed E-state index contributed by atoms with van der Waals surface area (Å²) in [5.74, 6) is -0.490. The molecule has 0 spiro atoms. The quantitative estimate of drug-likeness (QED) is 0.694. The second-order valence-corrected chi connectivity index (χ2v) is 7.86. The summed E-state index contributed by atoms with van der Waals surface area (Å²) < 4.78 is 0.855. The summed E-state index contributed by atoms with van der Waals surface area (Å²) in [7, 11) is 0. The molecule has 1 fully saturated rings. The third kappa shape index (κ3) is 4.80. The van der Waals surface area contributed by atoms with Crippen LogP contribution in [0.1, 0.15) is 25.8 Å². The average Bonchev–Trinajstić information content (AvgIpc) is 3.08. The second kappa shape index (κ2) is 9.34. The zero-order valence-corrected chi connectivity index (χ0v) is 17.9. The Balaban J connectivity index is 1.66. The van der Waals surface area contributed by atoms with Gasteiger partial charge < -0.3 is 10.2 Å². The minimum absolute atomic E-state index is 0.0256. The number of anilines is 2. The molecule has 2 amide bonds. The van der Waals surface area contributed by atoms with Crippen LogP contribution in [0.25, 0.3) is 0 Å². The van der Waals surface area contributed by atoms with Gasteiger partial charge in [-0.1, -0.05) is 38.1 Å². The topological polar surface area (TPSA) is 52.7 Å². The number of carbonyl (C=O) groups is 2. The SMILES string of the molecule is CCN(CC)Cc1cccc(NC(=O)C2CC(=O)N(c3ccccc3Br)C2)c1. The van der Waals surface area contributed by atoms with E-state index in [1.54, 1.807) is 4.90 Å². The zero-order chi connectivity index (χ0) is 20.1. The molecule has 0 saturated carbocycles. The normalized spacial score (nSPS) is 16.6. The molecule has 2 aromatic rings. The van der Waals surface area contributed by atoms with Gasteiger partial charge in [-0.15, -0.1) is 0 Å². The van der Waals surface area contributed by atoms with Crippen molar-refractivity contribution < 1.29 is 9.59 Å². The number of nitrogens with zero attached hydrogens (tertiary/aromatic N) is 2. The third-order valence-electron chi connectivity index (χ3n) is 5.13. The molecule has 1 N–H and O–H groups in total. The number of carbonyl (C=O) groups excluding carboxylic acids is 2. The molecule has 28 heavy (non-hydrogen) atoms. The standard InChI is InChI=1S/C22H26BrN3O2/c1-3-25(4-2)14-16-8-7-9-18(12-16)24-22(28)17-13-21(27)26(15-17)20-11-6-5-10-19(20)23/h5-12,17H,3-4,13-15H2,1-2H3,(H,24,28). The first-order valence-corrected chi connectivity index (χ1v) is 10.5. The van der Waals surface area contributed by atoms with Crippen LogP contribution in [0, 0.1) is 5.92 Å². The number of nitrogens with one attached hydrogen (secondary N) is 1. The molecular formula is C22H26BrN3O2. The number of hydrogen-bond acceptors (Lipinski definition) is 3. The molecule has 2 aromatic carbocycles. The highest BCUT2D eigenvalue weighted by Crippen LogP contribution is 2.31. The number of halogens is 1. The van der Waals surface area contributed by atoms with E-state index in [1.165, 1.54) is 5.56 Å². The summed E-state index contributed by atoms with van der Waals surface area (Å²) in [6, 6.07) is 15.5. The monoisotopic (exact) mass is 443 g/mol. The summed E-state index contributed by atoms with van der Waals surface area (Å²) in [6.45, 7) is 7.51. The van der Waals surface area contributed by atoms with Crippen LogP contribution in [-0.2, 0) is 16.1 Å². The number of amides is 2. The lowest BCUT2D eigenvalue weighted by Gasteiger charge is -2.19. The molecule has 6 heteroatoms. The van der Waals surface area contributed by atoms with E-state index >= 15 is 0 Å². The molecule has 1 heterocycles. The Hall–Kier alpha value is -2.18. The van der Waals surface area contributed by atoms with E-state index in [4.69, 9.17) is 0 Å². The molecule has 1 unspecified atom stereocenters. The van der Waals surface area contributed by atoms with Crippen LogP contribution in [0.2, 0.25) is 0 Å². The number of para-hydroxylation sites is 1. The summed E-state index contributed by atoms with van der Waals surface area (Å²) >= 11 is 3.49. The Morgan fingerprint density at radius 3 is 2.64 bits per heavy atom. The van der Waals surface area contributed by atoms with E-state index in [9.17, 15) is 9.59 Å². The predicted molar refractivity (Wildman–Crippen MR) is 116 cm³/mol. The lowest BCUT2D eigenvalue weighted by atomic mass is 10.1. The molecule has 1 saturated heterocycles. The number of rotatable bonds is 7. The molecule has 1 atom stereocenters. The van der Waals surface area contributed by atoms with E-state index in [0.29, 0.717) is 6.54 Å². The Bertz CT molecular complexity index is 851. The molecule has 1 aliphatic rings. The Labute approximate surface area is 174 Å². The van der Waals surface area contributed by atoms with Gasteiger partial charge in [-0.2, -0.15) is 0 Å². The maximum Gasteiger partial charge on any atom is 0.229 e. The summed E-state index contributed by atoms with van der Waals surface area (Å²) in [6.07, 6.45) is 0.228. The largest absolute Gasteiger partial charge is 0.326 e. The van der Waals surface area contributed by atoms with Crippen LogP contribution < -0.4 is 10.2 Å². The highest BCUT2D eigenvalue weighted by molar-refractivity contribution is 9.10. The molecule has 5 nitrogen and oxygen atoms in total. The van der Waals surface area contributed by atoms with Crippen molar-refractivity contribution in [2.75, 3.05) is 29.9 Å². The summed E-state index contributed by atoms with van der Waals surface area (Å²) in [5.41, 5.74) is 2.75. The smallest absolute Gasteiger partial charge is 0.229 e. The highest BCUT2D eigenvalue weighted by atomic mass is 79.9. The van der Waals surface area contributed by atoms with Crippen molar-refractivity contribution in [1.29, 1.82) is 0 Å². The second-order valence-electron chi connectivity index (χ2n) is 7.01. The molecule has 0 radical (unpaired) electrons. The van der Waals surface area contributed by atoms with Gasteiger partial charge in [0, 0.05) is 29.7 Å². The van der Waals surface area contributed by atoms with Crippen molar-refractivity contribution in [3.8, 4) is 0 Å². The zero-order valence-electron chi connectivity index (χ0n) is 16.3. The fourth-order valence-electron chi connectivity index (χ4n) is 3.48. The van der Waals surface area contributed by atoms with Crippen molar-refractivity contribution in [2.45, 2.75) is 26.8 Å². The Morgan fingerprint density at radius 1 is 1.18 bits per heavy atom. The minimum atomic E-state index is -0.356. The number of benzene rings is 2. The van der Waals surface area contributed by atoms with E-state index < -0.39 is 0 Å². The molecular weight excluding hydrogens is 418 g/mol. The van der Waals surface area contributed by atoms with Crippen LogP contribution >= 0.6 is 15.9 Å². The maximum absolute atomic E-state index is 12.8. The van der Waals surface area contributed by atoms with Gasteiger partial charge in [-0.3, -0.25) is 14.5 Å². The lowest BCUT2D eigenvalue weighted by Crippen LogP contribution is -2.28. The van der Waals surface area contributed by atoms with Gasteiger partial charge >= 0.3 is 0 Å².